The molecule has 0 unspecified atom stereocenters. The molecule has 0 saturated heterocycles. The van der Waals surface area contributed by atoms with Gasteiger partial charge in [0.25, 0.3) is 0 Å². The number of hydrogen-bond donors (Lipinski definition) is 0. The SMILES string of the molecule is COCCC[CH2][Zn][CH2]CCCOC. The first-order valence-electron chi connectivity index (χ1n) is 5.39. The van der Waals surface area contributed by atoms with Crippen molar-refractivity contribution < 1.29 is 26.6 Å². The average Bonchev–Trinajstić information content (AvgIpc) is 2.16. The van der Waals surface area contributed by atoms with E-state index in [0.29, 0.717) is 0 Å². The molecular formula is C10H22O2Zn. The van der Waals surface area contributed by atoms with E-state index < -0.39 is 0 Å². The molecule has 0 aliphatic rings. The Hall–Kier alpha value is 0.543. The van der Waals surface area contributed by atoms with Crippen LogP contribution in [0.5, 0.6) is 0 Å². The van der Waals surface area contributed by atoms with Crippen LogP contribution in [0.25, 0.3) is 0 Å². The Morgan fingerprint density at radius 1 is 0.769 bits per heavy atom. The Morgan fingerprint density at radius 3 is 1.62 bits per heavy atom. The molecule has 3 heteroatoms. The monoisotopic (exact) mass is 238 g/mol. The Labute approximate surface area is 90.0 Å². The summed E-state index contributed by atoms with van der Waals surface area (Å²) in [5.74, 6) is 0. The summed E-state index contributed by atoms with van der Waals surface area (Å²) in [6.45, 7) is 1.90. The van der Waals surface area contributed by atoms with Crippen LogP contribution >= 0.6 is 0 Å². The van der Waals surface area contributed by atoms with Crippen molar-refractivity contribution in [3.05, 3.63) is 0 Å². The molecule has 0 heterocycles. The van der Waals surface area contributed by atoms with Crippen LogP contribution in [0.4, 0.5) is 0 Å². The summed E-state index contributed by atoms with van der Waals surface area (Å²) in [6.07, 6.45) is 5.33. The molecule has 0 N–H and O–H groups in total. The van der Waals surface area contributed by atoms with Gasteiger partial charge in [0.2, 0.25) is 0 Å². The third-order valence-electron chi connectivity index (χ3n) is 2.20. The molecule has 0 aliphatic heterocycles. The fraction of sp³-hybridized carbons (Fsp3) is 1.00. The van der Waals surface area contributed by atoms with Gasteiger partial charge in [0.05, 0.1) is 0 Å². The zero-order chi connectivity index (χ0) is 9.78. The molecule has 0 fully saturated rings. The Bertz CT molecular complexity index is 79.0. The van der Waals surface area contributed by atoms with Gasteiger partial charge in [-0.15, -0.1) is 0 Å². The minimum absolute atomic E-state index is 0.149. The molecule has 0 saturated carbocycles. The molecule has 0 amide bonds. The summed E-state index contributed by atoms with van der Waals surface area (Å²) in [5, 5.41) is 3.09. The second kappa shape index (κ2) is 12.5. The summed E-state index contributed by atoms with van der Waals surface area (Å²) in [5.41, 5.74) is 0. The first-order chi connectivity index (χ1) is 6.41. The van der Waals surface area contributed by atoms with Crippen molar-refractivity contribution in [2.45, 2.75) is 35.7 Å². The van der Waals surface area contributed by atoms with Gasteiger partial charge in [-0.1, -0.05) is 0 Å². The number of ether oxygens (including phenoxy) is 2. The van der Waals surface area contributed by atoms with E-state index >= 15 is 0 Å². The number of unbranched alkanes of at least 4 members (excludes halogenated alkanes) is 2. The van der Waals surface area contributed by atoms with Gasteiger partial charge in [-0.2, -0.15) is 0 Å². The van der Waals surface area contributed by atoms with Crippen LogP contribution in [0.15, 0.2) is 0 Å². The topological polar surface area (TPSA) is 18.5 Å². The molecule has 0 aromatic carbocycles. The summed E-state index contributed by atoms with van der Waals surface area (Å²) in [6, 6.07) is 0. The molecule has 0 atom stereocenters. The molecule has 2 nitrogen and oxygen atoms in total. The average molecular weight is 240 g/mol. The predicted octanol–water partition coefficient (Wildman–Crippen LogP) is 2.76. The quantitative estimate of drug-likeness (QED) is 0.431. The number of hydrogen-bond acceptors (Lipinski definition) is 2. The van der Waals surface area contributed by atoms with Crippen LogP contribution in [-0.4, -0.2) is 27.4 Å². The van der Waals surface area contributed by atoms with Gasteiger partial charge in [0.15, 0.2) is 0 Å². The van der Waals surface area contributed by atoms with Crippen molar-refractivity contribution in [3.63, 3.8) is 0 Å². The van der Waals surface area contributed by atoms with Crippen molar-refractivity contribution in [1.82, 2.24) is 0 Å². The van der Waals surface area contributed by atoms with E-state index in [0.717, 1.165) is 13.2 Å². The van der Waals surface area contributed by atoms with E-state index in [9.17, 15) is 0 Å². The van der Waals surface area contributed by atoms with Crippen LogP contribution in [-0.2, 0) is 26.6 Å². The Balaban J connectivity index is 2.76. The molecule has 13 heavy (non-hydrogen) atoms. The van der Waals surface area contributed by atoms with Gasteiger partial charge in [-0.3, -0.25) is 0 Å². The molecule has 0 aromatic rings. The second-order valence-electron chi connectivity index (χ2n) is 3.46. The van der Waals surface area contributed by atoms with E-state index in [2.05, 4.69) is 0 Å². The van der Waals surface area contributed by atoms with E-state index in [1.165, 1.54) is 25.7 Å². The van der Waals surface area contributed by atoms with Crippen LogP contribution < -0.4 is 0 Å². The van der Waals surface area contributed by atoms with Crippen LogP contribution in [0, 0.1) is 0 Å². The van der Waals surface area contributed by atoms with Gasteiger partial charge in [-0.25, -0.2) is 0 Å². The fourth-order valence-corrected chi connectivity index (χ4v) is 5.09. The predicted molar refractivity (Wildman–Crippen MR) is 51.8 cm³/mol. The molecule has 0 spiro atoms. The molecule has 0 aliphatic carbocycles. The summed E-state index contributed by atoms with van der Waals surface area (Å²) >= 11 is -0.149. The standard InChI is InChI=1S/2C5H11O.Zn/c2*1-3-4-5-6-2;/h2*1,3-5H2,2H3;. The van der Waals surface area contributed by atoms with Crippen molar-refractivity contribution in [1.29, 1.82) is 0 Å². The Kier molecular flexibility index (Phi) is 13.1. The fourth-order valence-electron chi connectivity index (χ4n) is 1.38. The first kappa shape index (κ1) is 13.5. The summed E-state index contributed by atoms with van der Waals surface area (Å²) < 4.78 is 10.0. The number of rotatable bonds is 10. The summed E-state index contributed by atoms with van der Waals surface area (Å²) in [4.78, 5) is 0. The zero-order valence-electron chi connectivity index (χ0n) is 9.18. The maximum atomic E-state index is 5.01. The van der Waals surface area contributed by atoms with Gasteiger partial charge in [0.1, 0.15) is 0 Å². The van der Waals surface area contributed by atoms with Crippen molar-refractivity contribution >= 4 is 0 Å². The van der Waals surface area contributed by atoms with Crippen molar-refractivity contribution in [2.24, 2.45) is 0 Å². The third kappa shape index (κ3) is 12.5. The summed E-state index contributed by atoms with van der Waals surface area (Å²) in [7, 11) is 3.57. The zero-order valence-corrected chi connectivity index (χ0v) is 12.1. The molecule has 0 radical (unpaired) electrons. The van der Waals surface area contributed by atoms with Crippen molar-refractivity contribution in [3.8, 4) is 0 Å². The van der Waals surface area contributed by atoms with Gasteiger partial charge in [0, 0.05) is 0 Å². The minimum atomic E-state index is -0.149. The van der Waals surface area contributed by atoms with Gasteiger partial charge >= 0.3 is 89.7 Å². The molecule has 0 bridgehead atoms. The second-order valence-corrected chi connectivity index (χ2v) is 7.91. The Morgan fingerprint density at radius 2 is 1.23 bits per heavy atom. The van der Waals surface area contributed by atoms with Crippen LogP contribution in [0.1, 0.15) is 25.7 Å². The normalized spacial score (nSPS) is 10.0. The van der Waals surface area contributed by atoms with Gasteiger partial charge < -0.3 is 0 Å². The van der Waals surface area contributed by atoms with Crippen LogP contribution in [0.2, 0.25) is 10.0 Å². The molecule has 0 rings (SSSR count). The molecule has 0 aromatic heterocycles. The third-order valence-corrected chi connectivity index (χ3v) is 6.39. The number of methoxy groups -OCH3 is 2. The van der Waals surface area contributed by atoms with E-state index in [1.54, 1.807) is 24.2 Å². The van der Waals surface area contributed by atoms with Crippen LogP contribution in [0.3, 0.4) is 0 Å². The van der Waals surface area contributed by atoms with Gasteiger partial charge in [-0.05, 0) is 0 Å². The molecular weight excluding hydrogens is 217 g/mol. The van der Waals surface area contributed by atoms with E-state index in [1.807, 2.05) is 0 Å². The molecule has 76 valence electrons. The van der Waals surface area contributed by atoms with E-state index in [4.69, 9.17) is 9.47 Å². The maximum absolute atomic E-state index is 5.01. The first-order valence-corrected chi connectivity index (χ1v) is 9.59. The van der Waals surface area contributed by atoms with Crippen molar-refractivity contribution in [2.75, 3.05) is 27.4 Å². The van der Waals surface area contributed by atoms with E-state index in [-0.39, 0.29) is 17.1 Å².